The lowest BCUT2D eigenvalue weighted by atomic mass is 10.2. The summed E-state index contributed by atoms with van der Waals surface area (Å²) in [7, 11) is 0. The van der Waals surface area contributed by atoms with E-state index >= 15 is 0 Å². The lowest BCUT2D eigenvalue weighted by Crippen LogP contribution is -2.43. The maximum absolute atomic E-state index is 12.3. The highest BCUT2D eigenvalue weighted by Crippen LogP contribution is 2.31. The monoisotopic (exact) mass is 385 g/mol. The van der Waals surface area contributed by atoms with E-state index in [9.17, 15) is 9.59 Å². The predicted octanol–water partition coefficient (Wildman–Crippen LogP) is 3.50. The van der Waals surface area contributed by atoms with Gasteiger partial charge in [0.15, 0.2) is 11.5 Å². The summed E-state index contributed by atoms with van der Waals surface area (Å²) in [6.07, 6.45) is -0.683. The number of benzene rings is 1. The van der Waals surface area contributed by atoms with Crippen LogP contribution in [-0.2, 0) is 11.3 Å². The van der Waals surface area contributed by atoms with E-state index in [0.717, 1.165) is 4.88 Å². The number of carbonyl (C=O) groups excluding carboxylic acids is 2. The van der Waals surface area contributed by atoms with E-state index < -0.39 is 6.10 Å². The van der Waals surface area contributed by atoms with Crippen molar-refractivity contribution >= 4 is 34.4 Å². The largest absolute Gasteiger partial charge is 0.485 e. The zero-order chi connectivity index (χ0) is 17.9. The van der Waals surface area contributed by atoms with Crippen LogP contribution in [-0.4, -0.2) is 24.4 Å². The number of ketones is 1. The van der Waals surface area contributed by atoms with Crippen molar-refractivity contribution in [2.24, 2.45) is 0 Å². The Bertz CT molecular complexity index is 933. The summed E-state index contributed by atoms with van der Waals surface area (Å²) in [6.45, 7) is 0.526. The molecule has 0 aliphatic carbocycles. The number of carbonyl (C=O) groups is 2. The van der Waals surface area contributed by atoms with E-state index in [4.69, 9.17) is 9.47 Å². The Kier molecular flexibility index (Phi) is 4.73. The van der Waals surface area contributed by atoms with Gasteiger partial charge in [0.1, 0.15) is 6.61 Å². The van der Waals surface area contributed by atoms with Gasteiger partial charge in [0, 0.05) is 4.88 Å². The molecule has 0 saturated carbocycles. The molecular formula is C19H15NO4S2. The number of nitrogens with one attached hydrogen (secondary N) is 1. The third kappa shape index (κ3) is 3.49. The molecule has 1 N–H and O–H groups in total. The first-order chi connectivity index (χ1) is 12.7. The van der Waals surface area contributed by atoms with Gasteiger partial charge < -0.3 is 14.8 Å². The molecule has 0 saturated heterocycles. The number of hydrogen-bond donors (Lipinski definition) is 1. The van der Waals surface area contributed by atoms with Gasteiger partial charge in [-0.3, -0.25) is 9.59 Å². The van der Waals surface area contributed by atoms with E-state index in [1.54, 1.807) is 18.2 Å². The zero-order valence-electron chi connectivity index (χ0n) is 13.6. The number of ether oxygens (including phenoxy) is 2. The van der Waals surface area contributed by atoms with E-state index in [-0.39, 0.29) is 18.3 Å². The van der Waals surface area contributed by atoms with Crippen LogP contribution in [0.3, 0.4) is 0 Å². The van der Waals surface area contributed by atoms with Crippen LogP contribution in [0.2, 0.25) is 0 Å². The SMILES string of the molecule is O=C(c1cccs1)c1ccc(CNC(=O)C2COc3ccccc3O2)s1. The van der Waals surface area contributed by atoms with Crippen LogP contribution in [0.5, 0.6) is 11.5 Å². The first kappa shape index (κ1) is 16.8. The van der Waals surface area contributed by atoms with E-state index in [2.05, 4.69) is 5.32 Å². The molecule has 5 nitrogen and oxygen atoms in total. The highest BCUT2D eigenvalue weighted by molar-refractivity contribution is 7.16. The summed E-state index contributed by atoms with van der Waals surface area (Å²) in [6, 6.07) is 14.6. The molecule has 0 bridgehead atoms. The molecule has 26 heavy (non-hydrogen) atoms. The number of hydrogen-bond acceptors (Lipinski definition) is 6. The van der Waals surface area contributed by atoms with Crippen LogP contribution in [0.1, 0.15) is 19.4 Å². The van der Waals surface area contributed by atoms with Crippen molar-refractivity contribution in [3.05, 3.63) is 68.5 Å². The molecule has 3 aromatic rings. The average molecular weight is 385 g/mol. The molecule has 3 heterocycles. The molecule has 1 amide bonds. The smallest absolute Gasteiger partial charge is 0.264 e. The fourth-order valence-corrected chi connectivity index (χ4v) is 4.21. The quantitative estimate of drug-likeness (QED) is 0.683. The van der Waals surface area contributed by atoms with E-state index in [0.29, 0.717) is 27.8 Å². The molecule has 1 unspecified atom stereocenters. The Morgan fingerprint density at radius 3 is 2.69 bits per heavy atom. The number of para-hydroxylation sites is 2. The summed E-state index contributed by atoms with van der Waals surface area (Å²) < 4.78 is 11.2. The third-order valence-electron chi connectivity index (χ3n) is 3.87. The predicted molar refractivity (Wildman–Crippen MR) is 100 cm³/mol. The molecule has 132 valence electrons. The first-order valence-electron chi connectivity index (χ1n) is 8.04. The van der Waals surface area contributed by atoms with Gasteiger partial charge in [-0.25, -0.2) is 0 Å². The summed E-state index contributed by atoms with van der Waals surface area (Å²) in [4.78, 5) is 27.0. The van der Waals surface area contributed by atoms with Gasteiger partial charge in [-0.2, -0.15) is 0 Å². The van der Waals surface area contributed by atoms with Crippen LogP contribution in [0.15, 0.2) is 53.9 Å². The van der Waals surface area contributed by atoms with Gasteiger partial charge >= 0.3 is 0 Å². The summed E-state index contributed by atoms with van der Waals surface area (Å²) in [5.41, 5.74) is 0. The number of fused-ring (bicyclic) bond motifs is 1. The van der Waals surface area contributed by atoms with Crippen LogP contribution in [0, 0.1) is 0 Å². The van der Waals surface area contributed by atoms with Crippen molar-refractivity contribution < 1.29 is 19.1 Å². The van der Waals surface area contributed by atoms with Crippen molar-refractivity contribution in [3.8, 4) is 11.5 Å². The molecule has 2 aromatic heterocycles. The summed E-state index contributed by atoms with van der Waals surface area (Å²) in [5.74, 6) is 0.993. The van der Waals surface area contributed by atoms with Crippen LogP contribution in [0.25, 0.3) is 0 Å². The van der Waals surface area contributed by atoms with Gasteiger partial charge in [0.2, 0.25) is 11.9 Å². The Morgan fingerprint density at radius 2 is 1.88 bits per heavy atom. The fraction of sp³-hybridized carbons (Fsp3) is 0.158. The zero-order valence-corrected chi connectivity index (χ0v) is 15.3. The van der Waals surface area contributed by atoms with Gasteiger partial charge in [-0.15, -0.1) is 22.7 Å². The minimum Gasteiger partial charge on any atom is -0.485 e. The normalized spacial score (nSPS) is 15.5. The van der Waals surface area contributed by atoms with Crippen molar-refractivity contribution in [1.82, 2.24) is 5.32 Å². The molecule has 4 rings (SSSR count). The van der Waals surface area contributed by atoms with Gasteiger partial charge in [0.25, 0.3) is 5.91 Å². The van der Waals surface area contributed by atoms with Crippen LogP contribution in [0.4, 0.5) is 0 Å². The fourth-order valence-electron chi connectivity index (χ4n) is 2.56. The van der Waals surface area contributed by atoms with E-state index in [1.165, 1.54) is 22.7 Å². The Morgan fingerprint density at radius 1 is 1.04 bits per heavy atom. The maximum atomic E-state index is 12.3. The highest BCUT2D eigenvalue weighted by Gasteiger charge is 2.27. The number of thiophene rings is 2. The van der Waals surface area contributed by atoms with Gasteiger partial charge in [-0.1, -0.05) is 18.2 Å². The molecular weight excluding hydrogens is 370 g/mol. The molecule has 0 fully saturated rings. The lowest BCUT2D eigenvalue weighted by molar-refractivity contribution is -0.130. The molecule has 1 aliphatic rings. The Hall–Kier alpha value is -2.64. The molecule has 0 radical (unpaired) electrons. The van der Waals surface area contributed by atoms with E-state index in [1.807, 2.05) is 35.7 Å². The van der Waals surface area contributed by atoms with Crippen molar-refractivity contribution in [2.75, 3.05) is 6.61 Å². The molecule has 7 heteroatoms. The second kappa shape index (κ2) is 7.31. The Labute approximate surface area is 158 Å². The second-order valence-electron chi connectivity index (χ2n) is 5.65. The van der Waals surface area contributed by atoms with Crippen LogP contribution >= 0.6 is 22.7 Å². The minimum absolute atomic E-state index is 0.0168. The summed E-state index contributed by atoms with van der Waals surface area (Å²) in [5, 5.41) is 4.73. The lowest BCUT2D eigenvalue weighted by Gasteiger charge is -2.25. The van der Waals surface area contributed by atoms with Crippen molar-refractivity contribution in [2.45, 2.75) is 12.6 Å². The van der Waals surface area contributed by atoms with Gasteiger partial charge in [-0.05, 0) is 35.7 Å². The topological polar surface area (TPSA) is 64.6 Å². The van der Waals surface area contributed by atoms with Crippen LogP contribution < -0.4 is 14.8 Å². The first-order valence-corrected chi connectivity index (χ1v) is 9.73. The van der Waals surface area contributed by atoms with Crippen molar-refractivity contribution in [1.29, 1.82) is 0 Å². The molecule has 1 aromatic carbocycles. The van der Waals surface area contributed by atoms with Crippen molar-refractivity contribution in [3.63, 3.8) is 0 Å². The maximum Gasteiger partial charge on any atom is 0.264 e. The Balaban J connectivity index is 1.35. The minimum atomic E-state index is -0.683. The standard InChI is InChI=1S/C19H15NO4S2/c21-18(16-6-3-9-25-16)17-8-7-12(26-17)10-20-19(22)15-11-23-13-4-1-2-5-14(13)24-15/h1-9,15H,10-11H2,(H,20,22). The second-order valence-corrected chi connectivity index (χ2v) is 7.77. The highest BCUT2D eigenvalue weighted by atomic mass is 32.1. The third-order valence-corrected chi connectivity index (χ3v) is 5.82. The molecule has 1 aliphatic heterocycles. The summed E-state index contributed by atoms with van der Waals surface area (Å²) >= 11 is 2.81. The number of amides is 1. The number of rotatable bonds is 5. The average Bonchev–Trinajstić information content (AvgIpc) is 3.37. The molecule has 0 spiro atoms. The molecule has 1 atom stereocenters. The van der Waals surface area contributed by atoms with Gasteiger partial charge in [0.05, 0.1) is 16.3 Å².